The highest BCUT2D eigenvalue weighted by atomic mass is 28.4. The van der Waals surface area contributed by atoms with Crippen LogP contribution in [0.5, 0.6) is 5.75 Å². The van der Waals surface area contributed by atoms with Crippen LogP contribution in [0.15, 0.2) is 30.7 Å². The number of nitrogens with one attached hydrogen (secondary N) is 1. The largest absolute Gasteiger partial charge is 0.543 e. The molecule has 0 unspecified atom stereocenters. The minimum Gasteiger partial charge on any atom is -0.543 e. The summed E-state index contributed by atoms with van der Waals surface area (Å²) in [5.41, 5.74) is 2.94. The van der Waals surface area contributed by atoms with Gasteiger partial charge in [0.1, 0.15) is 11.6 Å². The predicted molar refractivity (Wildman–Crippen MR) is 99.7 cm³/mol. The number of hydrogen-bond acceptors (Lipinski definition) is 4. The van der Waals surface area contributed by atoms with Gasteiger partial charge in [0.15, 0.2) is 0 Å². The molecule has 0 aliphatic heterocycles. The molecular weight excluding hydrogens is 316 g/mol. The molecule has 0 saturated heterocycles. The third-order valence-corrected chi connectivity index (χ3v) is 9.15. The lowest BCUT2D eigenvalue weighted by molar-refractivity contribution is 0.494. The molecule has 0 aliphatic rings. The van der Waals surface area contributed by atoms with E-state index in [1.54, 1.807) is 0 Å². The summed E-state index contributed by atoms with van der Waals surface area (Å²) in [6, 6.07) is 4.13. The zero-order valence-corrected chi connectivity index (χ0v) is 16.1. The molecule has 0 atom stereocenters. The topological polar surface area (TPSA) is 63.7 Å². The van der Waals surface area contributed by atoms with Crippen LogP contribution >= 0.6 is 0 Å². The molecule has 2 aromatic heterocycles. The summed E-state index contributed by atoms with van der Waals surface area (Å²) in [6.45, 7) is 13.1. The molecule has 0 spiro atoms. The number of nitrogens with zero attached hydrogens (tertiary/aromatic N) is 3. The monoisotopic (exact) mass is 340 g/mol. The normalized spacial score (nSPS) is 12.6. The number of aromatic amines is 1. The summed E-state index contributed by atoms with van der Waals surface area (Å²) < 4.78 is 6.60. The maximum Gasteiger partial charge on any atom is 0.250 e. The lowest BCUT2D eigenvalue weighted by Gasteiger charge is -2.37. The number of hydrogen-bond donors (Lipinski definition) is 1. The van der Waals surface area contributed by atoms with Gasteiger partial charge in [-0.2, -0.15) is 5.10 Å². The van der Waals surface area contributed by atoms with Gasteiger partial charge in [-0.3, -0.25) is 5.10 Å². The van der Waals surface area contributed by atoms with E-state index >= 15 is 0 Å². The van der Waals surface area contributed by atoms with Crippen LogP contribution < -0.4 is 4.43 Å². The van der Waals surface area contributed by atoms with Crippen molar-refractivity contribution in [2.45, 2.75) is 45.8 Å². The minimum atomic E-state index is -1.96. The first-order valence-corrected chi connectivity index (χ1v) is 11.0. The minimum absolute atomic E-state index is 0.122. The lowest BCUT2D eigenvalue weighted by Crippen LogP contribution is -2.44. The molecule has 1 N–H and O–H groups in total. The van der Waals surface area contributed by atoms with Gasteiger partial charge >= 0.3 is 0 Å². The van der Waals surface area contributed by atoms with Gasteiger partial charge in [-0.05, 0) is 31.1 Å². The number of rotatable bonds is 3. The number of aryl methyl sites for hydroxylation is 1. The Hall–Kier alpha value is -2.21. The van der Waals surface area contributed by atoms with E-state index < -0.39 is 8.32 Å². The van der Waals surface area contributed by atoms with Gasteiger partial charge in [-0.1, -0.05) is 20.8 Å². The van der Waals surface area contributed by atoms with E-state index in [1.807, 2.05) is 31.6 Å². The molecule has 0 aliphatic carbocycles. The van der Waals surface area contributed by atoms with Crippen molar-refractivity contribution in [2.24, 2.45) is 0 Å². The van der Waals surface area contributed by atoms with Crippen LogP contribution in [-0.2, 0) is 0 Å². The lowest BCUT2D eigenvalue weighted by atomic mass is 10.1. The van der Waals surface area contributed by atoms with Crippen LogP contribution in [-0.4, -0.2) is 28.5 Å². The van der Waals surface area contributed by atoms with E-state index in [0.717, 1.165) is 33.6 Å². The Kier molecular flexibility index (Phi) is 3.95. The van der Waals surface area contributed by atoms with Crippen LogP contribution in [0.2, 0.25) is 18.1 Å². The van der Waals surface area contributed by atoms with Gasteiger partial charge in [0.25, 0.3) is 8.32 Å². The first-order chi connectivity index (χ1) is 11.2. The molecule has 2 heterocycles. The Balaban J connectivity index is 2.14. The molecule has 3 aromatic rings. The fourth-order valence-electron chi connectivity index (χ4n) is 2.24. The first kappa shape index (κ1) is 16.6. The summed E-state index contributed by atoms with van der Waals surface area (Å²) in [7, 11) is -1.96. The van der Waals surface area contributed by atoms with Crippen molar-refractivity contribution in [3.05, 3.63) is 36.5 Å². The molecule has 6 heteroatoms. The van der Waals surface area contributed by atoms with Crippen molar-refractivity contribution < 1.29 is 4.43 Å². The van der Waals surface area contributed by atoms with E-state index in [2.05, 4.69) is 60.1 Å². The molecule has 0 amide bonds. The van der Waals surface area contributed by atoms with Crippen LogP contribution in [0, 0.1) is 6.92 Å². The average Bonchev–Trinajstić information content (AvgIpc) is 2.93. The van der Waals surface area contributed by atoms with Crippen LogP contribution in [0.3, 0.4) is 0 Å². The highest BCUT2D eigenvalue weighted by Crippen LogP contribution is 2.41. The fourth-order valence-corrected chi connectivity index (χ4v) is 3.27. The quantitative estimate of drug-likeness (QED) is 0.701. The Labute approximate surface area is 143 Å². The second-order valence-corrected chi connectivity index (χ2v) is 12.4. The third kappa shape index (κ3) is 3.06. The zero-order chi connectivity index (χ0) is 17.5. The molecule has 5 nitrogen and oxygen atoms in total. The van der Waals surface area contributed by atoms with Crippen molar-refractivity contribution in [1.29, 1.82) is 0 Å². The van der Waals surface area contributed by atoms with Gasteiger partial charge < -0.3 is 4.43 Å². The Morgan fingerprint density at radius 2 is 1.71 bits per heavy atom. The van der Waals surface area contributed by atoms with E-state index in [0.29, 0.717) is 0 Å². The highest BCUT2D eigenvalue weighted by molar-refractivity contribution is 6.74. The maximum atomic E-state index is 6.60. The van der Waals surface area contributed by atoms with E-state index in [-0.39, 0.29) is 5.04 Å². The summed E-state index contributed by atoms with van der Waals surface area (Å²) in [5.74, 6) is 1.63. The first-order valence-electron chi connectivity index (χ1n) is 8.12. The van der Waals surface area contributed by atoms with Crippen LogP contribution in [0.4, 0.5) is 0 Å². The van der Waals surface area contributed by atoms with Crippen molar-refractivity contribution in [2.75, 3.05) is 0 Å². The summed E-state index contributed by atoms with van der Waals surface area (Å²) in [6.07, 6.45) is 5.52. The highest BCUT2D eigenvalue weighted by Gasteiger charge is 2.39. The van der Waals surface area contributed by atoms with Crippen LogP contribution in [0.25, 0.3) is 22.0 Å². The Bertz CT molecular complexity index is 863. The third-order valence-electron chi connectivity index (χ3n) is 4.80. The molecule has 0 radical (unpaired) electrons. The number of fused-ring (bicyclic) bond motifs is 1. The number of H-pyrrole nitrogens is 1. The molecule has 0 saturated carbocycles. The van der Waals surface area contributed by atoms with E-state index in [4.69, 9.17) is 4.43 Å². The molecule has 126 valence electrons. The number of benzene rings is 1. The van der Waals surface area contributed by atoms with Crippen molar-refractivity contribution >= 4 is 19.2 Å². The molecule has 24 heavy (non-hydrogen) atoms. The van der Waals surface area contributed by atoms with E-state index in [1.165, 1.54) is 0 Å². The smallest absolute Gasteiger partial charge is 0.250 e. The second kappa shape index (κ2) is 5.70. The molecule has 0 bridgehead atoms. The zero-order valence-electron chi connectivity index (χ0n) is 15.1. The van der Waals surface area contributed by atoms with Gasteiger partial charge in [0.2, 0.25) is 0 Å². The molecule has 0 fully saturated rings. The van der Waals surface area contributed by atoms with Gasteiger partial charge in [-0.25, -0.2) is 9.97 Å². The van der Waals surface area contributed by atoms with Crippen molar-refractivity contribution in [3.63, 3.8) is 0 Å². The average molecular weight is 341 g/mol. The SMILES string of the molecule is Cc1ncc(-c2cc3cn[nH]c3cc2O[Si](C)(C)C(C)(C)C)cn1. The Morgan fingerprint density at radius 3 is 2.33 bits per heavy atom. The summed E-state index contributed by atoms with van der Waals surface area (Å²) in [4.78, 5) is 8.66. The van der Waals surface area contributed by atoms with Crippen molar-refractivity contribution in [1.82, 2.24) is 20.2 Å². The molecular formula is C18H24N4OSi. The number of aromatic nitrogens is 4. The van der Waals surface area contributed by atoms with Gasteiger partial charge in [0.05, 0.1) is 11.7 Å². The Morgan fingerprint density at radius 1 is 1.04 bits per heavy atom. The summed E-state index contributed by atoms with van der Waals surface area (Å²) in [5, 5.41) is 8.33. The fraction of sp³-hybridized carbons (Fsp3) is 0.389. The second-order valence-electron chi connectivity index (χ2n) is 7.69. The summed E-state index contributed by atoms with van der Waals surface area (Å²) >= 11 is 0. The van der Waals surface area contributed by atoms with Crippen LogP contribution in [0.1, 0.15) is 26.6 Å². The van der Waals surface area contributed by atoms with Crippen molar-refractivity contribution in [3.8, 4) is 16.9 Å². The van der Waals surface area contributed by atoms with Gasteiger partial charge in [-0.15, -0.1) is 0 Å². The van der Waals surface area contributed by atoms with Gasteiger partial charge in [0, 0.05) is 35.0 Å². The maximum absolute atomic E-state index is 6.60. The standard InChI is InChI=1S/C18H24N4OSi/c1-12-19-9-14(10-20-12)15-7-13-11-21-22-16(13)8-17(15)23-24(5,6)18(2,3)4/h7-11H,1-6H3,(H,21,22). The predicted octanol–water partition coefficient (Wildman–Crippen LogP) is 4.71. The van der Waals surface area contributed by atoms with E-state index in [9.17, 15) is 0 Å². The molecule has 3 rings (SSSR count). The molecule has 1 aromatic carbocycles.